The molecule has 1 unspecified atom stereocenters. The van der Waals surface area contributed by atoms with Gasteiger partial charge in [0.15, 0.2) is 5.78 Å². The molecule has 31 heavy (non-hydrogen) atoms. The van der Waals surface area contributed by atoms with E-state index in [0.29, 0.717) is 29.7 Å². The van der Waals surface area contributed by atoms with Crippen molar-refractivity contribution in [2.45, 2.75) is 37.8 Å². The van der Waals surface area contributed by atoms with Crippen LogP contribution in [0.15, 0.2) is 59.8 Å². The SMILES string of the molecule is O=C1CCCC2=C1C(c1ccc([N+](=O)[O-])cc1)CC(=O)N2c1cccc(C(F)(F)F)c1. The quantitative estimate of drug-likeness (QED) is 0.499. The first-order valence-corrected chi connectivity index (χ1v) is 9.67. The summed E-state index contributed by atoms with van der Waals surface area (Å²) >= 11 is 0. The molecule has 1 amide bonds. The first-order valence-electron chi connectivity index (χ1n) is 9.67. The van der Waals surface area contributed by atoms with Crippen LogP contribution in [-0.2, 0) is 15.8 Å². The van der Waals surface area contributed by atoms with E-state index in [0.717, 1.165) is 12.1 Å². The van der Waals surface area contributed by atoms with Crippen molar-refractivity contribution in [3.05, 3.63) is 81.0 Å². The molecular weight excluding hydrogens is 413 g/mol. The van der Waals surface area contributed by atoms with Gasteiger partial charge in [-0.1, -0.05) is 18.2 Å². The molecule has 2 aromatic carbocycles. The zero-order valence-corrected chi connectivity index (χ0v) is 16.2. The van der Waals surface area contributed by atoms with Gasteiger partial charge in [0, 0.05) is 47.8 Å². The third-order valence-electron chi connectivity index (χ3n) is 5.61. The van der Waals surface area contributed by atoms with Gasteiger partial charge in [-0.25, -0.2) is 0 Å². The Balaban J connectivity index is 1.81. The minimum atomic E-state index is -4.56. The van der Waals surface area contributed by atoms with Gasteiger partial charge in [-0.15, -0.1) is 0 Å². The highest BCUT2D eigenvalue weighted by Gasteiger charge is 2.40. The van der Waals surface area contributed by atoms with Crippen molar-refractivity contribution < 1.29 is 27.7 Å². The molecule has 0 radical (unpaired) electrons. The number of rotatable bonds is 3. The number of carbonyl (C=O) groups is 2. The second-order valence-electron chi connectivity index (χ2n) is 7.52. The summed E-state index contributed by atoms with van der Waals surface area (Å²) in [6.07, 6.45) is -3.51. The van der Waals surface area contributed by atoms with Crippen molar-refractivity contribution >= 4 is 23.1 Å². The molecule has 1 aliphatic carbocycles. The van der Waals surface area contributed by atoms with Gasteiger partial charge < -0.3 is 0 Å². The van der Waals surface area contributed by atoms with Crippen LogP contribution in [0, 0.1) is 10.1 Å². The standard InChI is InChI=1S/C22H17F3N2O4/c23-22(24,25)14-3-1-4-16(11-14)26-18-5-2-6-19(28)21(18)17(12-20(26)29)13-7-9-15(10-8-13)27(30)31/h1,3-4,7-11,17H,2,5-6,12H2. The summed E-state index contributed by atoms with van der Waals surface area (Å²) < 4.78 is 39.5. The number of hydrogen-bond donors (Lipinski definition) is 0. The Morgan fingerprint density at radius 1 is 1.03 bits per heavy atom. The van der Waals surface area contributed by atoms with Crippen molar-refractivity contribution in [1.82, 2.24) is 0 Å². The average molecular weight is 430 g/mol. The summed E-state index contributed by atoms with van der Waals surface area (Å²) in [7, 11) is 0. The predicted molar refractivity (Wildman–Crippen MR) is 105 cm³/mol. The van der Waals surface area contributed by atoms with E-state index in [4.69, 9.17) is 0 Å². The van der Waals surface area contributed by atoms with E-state index in [1.54, 1.807) is 0 Å². The molecule has 6 nitrogen and oxygen atoms in total. The number of alkyl halides is 3. The number of anilines is 1. The number of hydrogen-bond acceptors (Lipinski definition) is 4. The summed E-state index contributed by atoms with van der Waals surface area (Å²) in [5.74, 6) is -1.16. The lowest BCUT2D eigenvalue weighted by molar-refractivity contribution is -0.384. The monoisotopic (exact) mass is 430 g/mol. The summed E-state index contributed by atoms with van der Waals surface area (Å²) in [5, 5.41) is 10.9. The third-order valence-corrected chi connectivity index (χ3v) is 5.61. The Kier molecular flexibility index (Phi) is 5.12. The third kappa shape index (κ3) is 3.83. The van der Waals surface area contributed by atoms with Gasteiger partial charge in [-0.2, -0.15) is 13.2 Å². The number of ketones is 1. The average Bonchev–Trinajstić information content (AvgIpc) is 2.73. The van der Waals surface area contributed by atoms with Crippen LogP contribution in [0.3, 0.4) is 0 Å². The molecule has 9 heteroatoms. The Morgan fingerprint density at radius 2 is 1.74 bits per heavy atom. The molecule has 160 valence electrons. The zero-order valence-electron chi connectivity index (χ0n) is 16.2. The van der Waals surface area contributed by atoms with Crippen molar-refractivity contribution in [2.24, 2.45) is 0 Å². The Morgan fingerprint density at radius 3 is 2.39 bits per heavy atom. The van der Waals surface area contributed by atoms with Gasteiger partial charge in [0.1, 0.15) is 0 Å². The normalized spacial score (nSPS) is 19.5. The van der Waals surface area contributed by atoms with Crippen molar-refractivity contribution in [3.63, 3.8) is 0 Å². The van der Waals surface area contributed by atoms with Crippen LogP contribution in [0.4, 0.5) is 24.5 Å². The summed E-state index contributed by atoms with van der Waals surface area (Å²) in [4.78, 5) is 37.5. The molecule has 2 aromatic rings. The maximum absolute atomic E-state index is 13.2. The molecule has 0 aromatic heterocycles. The van der Waals surface area contributed by atoms with E-state index in [9.17, 15) is 32.9 Å². The number of halogens is 3. The molecular formula is C22H17F3N2O4. The van der Waals surface area contributed by atoms with E-state index in [2.05, 4.69) is 0 Å². The van der Waals surface area contributed by atoms with Crippen molar-refractivity contribution in [3.8, 4) is 0 Å². The molecule has 4 rings (SSSR count). The molecule has 0 saturated carbocycles. The van der Waals surface area contributed by atoms with Crippen LogP contribution in [0.25, 0.3) is 0 Å². The van der Waals surface area contributed by atoms with Crippen LogP contribution >= 0.6 is 0 Å². The molecule has 0 N–H and O–H groups in total. The lowest BCUT2D eigenvalue weighted by atomic mass is 9.77. The van der Waals surface area contributed by atoms with Gasteiger partial charge in [0.05, 0.1) is 10.5 Å². The molecule has 0 fully saturated rings. The fourth-order valence-corrected chi connectivity index (χ4v) is 4.23. The number of allylic oxidation sites excluding steroid dienone is 2. The fraction of sp³-hybridized carbons (Fsp3) is 0.273. The summed E-state index contributed by atoms with van der Waals surface area (Å²) in [6.45, 7) is 0. The first kappa shape index (κ1) is 20.8. The van der Waals surface area contributed by atoms with E-state index in [-0.39, 0.29) is 30.0 Å². The maximum Gasteiger partial charge on any atom is 0.416 e. The fourth-order valence-electron chi connectivity index (χ4n) is 4.23. The first-order chi connectivity index (χ1) is 14.7. The van der Waals surface area contributed by atoms with Crippen LogP contribution in [0.2, 0.25) is 0 Å². The number of non-ortho nitro benzene ring substituents is 1. The highest BCUT2D eigenvalue weighted by atomic mass is 19.4. The number of carbonyl (C=O) groups excluding carboxylic acids is 2. The number of nitro groups is 1. The lowest BCUT2D eigenvalue weighted by Gasteiger charge is -2.38. The number of Topliss-reactive ketones (excluding diaryl/α,β-unsaturated/α-hetero) is 1. The van der Waals surface area contributed by atoms with E-state index in [1.807, 2.05) is 0 Å². The maximum atomic E-state index is 13.2. The molecule has 1 atom stereocenters. The minimum absolute atomic E-state index is 0.0733. The van der Waals surface area contributed by atoms with E-state index < -0.39 is 28.5 Å². The van der Waals surface area contributed by atoms with Gasteiger partial charge in [-0.3, -0.25) is 24.6 Å². The second kappa shape index (κ2) is 7.64. The van der Waals surface area contributed by atoms with Gasteiger partial charge in [-0.05, 0) is 36.6 Å². The van der Waals surface area contributed by atoms with Crippen LogP contribution in [0.1, 0.15) is 42.7 Å². The summed E-state index contributed by atoms with van der Waals surface area (Å²) in [6, 6.07) is 10.2. The van der Waals surface area contributed by atoms with Crippen LogP contribution in [0.5, 0.6) is 0 Å². The smallest absolute Gasteiger partial charge is 0.294 e. The molecule has 0 bridgehead atoms. The highest BCUT2D eigenvalue weighted by molar-refractivity contribution is 6.07. The van der Waals surface area contributed by atoms with E-state index in [1.165, 1.54) is 41.3 Å². The zero-order chi connectivity index (χ0) is 22.3. The van der Waals surface area contributed by atoms with Crippen molar-refractivity contribution in [2.75, 3.05) is 4.90 Å². The number of benzene rings is 2. The number of nitro benzene ring substituents is 1. The number of nitrogens with zero attached hydrogens (tertiary/aromatic N) is 2. The lowest BCUT2D eigenvalue weighted by Crippen LogP contribution is -2.40. The van der Waals surface area contributed by atoms with Gasteiger partial charge >= 0.3 is 6.18 Å². The molecule has 1 aliphatic heterocycles. The van der Waals surface area contributed by atoms with E-state index >= 15 is 0 Å². The Bertz CT molecular complexity index is 1110. The Hall–Kier alpha value is -3.49. The van der Waals surface area contributed by atoms with Crippen molar-refractivity contribution in [1.29, 1.82) is 0 Å². The molecule has 0 saturated heterocycles. The van der Waals surface area contributed by atoms with Gasteiger partial charge in [0.2, 0.25) is 5.91 Å². The second-order valence-corrected chi connectivity index (χ2v) is 7.52. The Labute approximate surface area is 175 Å². The molecule has 0 spiro atoms. The van der Waals surface area contributed by atoms with Crippen LogP contribution < -0.4 is 4.90 Å². The predicted octanol–water partition coefficient (Wildman–Crippen LogP) is 5.14. The highest BCUT2D eigenvalue weighted by Crippen LogP contribution is 2.44. The number of amides is 1. The summed E-state index contributed by atoms with van der Waals surface area (Å²) in [5.41, 5.74) is 0.488. The molecule has 1 heterocycles. The molecule has 2 aliphatic rings. The van der Waals surface area contributed by atoms with Crippen LogP contribution in [-0.4, -0.2) is 16.6 Å². The van der Waals surface area contributed by atoms with Gasteiger partial charge in [0.25, 0.3) is 5.69 Å². The largest absolute Gasteiger partial charge is 0.416 e. The minimum Gasteiger partial charge on any atom is -0.294 e. The topological polar surface area (TPSA) is 80.5 Å².